The molecular formula is C16H33N3O2. The number of nitrogens with zero attached hydrogens (tertiary/aromatic N) is 1. The highest BCUT2D eigenvalue weighted by Crippen LogP contribution is 2.21. The second kappa shape index (κ2) is 8.59. The summed E-state index contributed by atoms with van der Waals surface area (Å²) >= 11 is 0. The normalized spacial score (nSPS) is 21.9. The third-order valence-corrected chi connectivity index (χ3v) is 4.18. The van der Waals surface area contributed by atoms with Crippen LogP contribution in [0.1, 0.15) is 47.0 Å². The number of carbonyl (C=O) groups excluding carboxylic acids is 1. The number of aliphatic hydroxyl groups excluding tert-OH is 1. The number of aliphatic hydroxyl groups is 1. The molecule has 0 aromatic rings. The number of amides is 2. The van der Waals surface area contributed by atoms with Crippen LogP contribution in [0.15, 0.2) is 0 Å². The molecule has 21 heavy (non-hydrogen) atoms. The molecule has 0 aromatic carbocycles. The van der Waals surface area contributed by atoms with Crippen LogP contribution in [0.5, 0.6) is 0 Å². The molecule has 0 saturated carbocycles. The molecule has 1 saturated heterocycles. The lowest BCUT2D eigenvalue weighted by atomic mass is 9.87. The lowest BCUT2D eigenvalue weighted by Crippen LogP contribution is -2.45. The van der Waals surface area contributed by atoms with E-state index in [0.717, 1.165) is 19.6 Å². The Hall–Kier alpha value is -0.810. The number of hydrogen-bond donors (Lipinski definition) is 3. The number of carbonyl (C=O) groups is 1. The molecule has 1 rings (SSSR count). The van der Waals surface area contributed by atoms with Crippen molar-refractivity contribution in [2.75, 3.05) is 32.7 Å². The molecule has 0 aliphatic carbocycles. The lowest BCUT2D eigenvalue weighted by Gasteiger charge is -2.32. The average molecular weight is 299 g/mol. The SMILES string of the molecule is CCN1CCCC(CNC(=O)NCC(C)(C)CC(C)O)C1. The van der Waals surface area contributed by atoms with Crippen LogP contribution in [0.25, 0.3) is 0 Å². The molecule has 2 unspecified atom stereocenters. The second-order valence-corrected chi connectivity index (χ2v) is 7.18. The van der Waals surface area contributed by atoms with E-state index in [1.165, 1.54) is 19.4 Å². The fourth-order valence-electron chi connectivity index (χ4n) is 3.10. The average Bonchev–Trinajstić information content (AvgIpc) is 2.42. The number of piperidine rings is 1. The first-order valence-electron chi connectivity index (χ1n) is 8.24. The van der Waals surface area contributed by atoms with Crippen LogP contribution in [-0.4, -0.2) is 54.9 Å². The molecular weight excluding hydrogens is 266 g/mol. The van der Waals surface area contributed by atoms with Crippen molar-refractivity contribution in [2.24, 2.45) is 11.3 Å². The van der Waals surface area contributed by atoms with Crippen molar-refractivity contribution in [1.82, 2.24) is 15.5 Å². The van der Waals surface area contributed by atoms with Gasteiger partial charge in [-0.05, 0) is 50.6 Å². The first-order chi connectivity index (χ1) is 9.82. The van der Waals surface area contributed by atoms with Gasteiger partial charge in [-0.25, -0.2) is 4.79 Å². The lowest BCUT2D eigenvalue weighted by molar-refractivity contribution is 0.128. The van der Waals surface area contributed by atoms with Crippen molar-refractivity contribution in [2.45, 2.75) is 53.1 Å². The van der Waals surface area contributed by atoms with Gasteiger partial charge in [0.2, 0.25) is 0 Å². The van der Waals surface area contributed by atoms with Crippen LogP contribution >= 0.6 is 0 Å². The van der Waals surface area contributed by atoms with Gasteiger partial charge in [0.15, 0.2) is 0 Å². The van der Waals surface area contributed by atoms with E-state index in [1.807, 2.05) is 0 Å². The summed E-state index contributed by atoms with van der Waals surface area (Å²) in [6.45, 7) is 12.8. The molecule has 1 aliphatic heterocycles. The minimum Gasteiger partial charge on any atom is -0.393 e. The number of rotatable bonds is 7. The standard InChI is InChI=1S/C16H33N3O2/c1-5-19-8-6-7-14(11-19)10-17-15(21)18-12-16(3,4)9-13(2)20/h13-14,20H,5-12H2,1-4H3,(H2,17,18,21). The number of hydrogen-bond acceptors (Lipinski definition) is 3. The third kappa shape index (κ3) is 7.67. The summed E-state index contributed by atoms with van der Waals surface area (Å²) in [5, 5.41) is 15.3. The molecule has 3 N–H and O–H groups in total. The molecule has 1 heterocycles. The minimum atomic E-state index is -0.341. The van der Waals surface area contributed by atoms with Crippen LogP contribution in [-0.2, 0) is 0 Å². The summed E-state index contributed by atoms with van der Waals surface area (Å²) in [6, 6.07) is -0.0951. The van der Waals surface area contributed by atoms with Gasteiger partial charge >= 0.3 is 6.03 Å². The van der Waals surface area contributed by atoms with Crippen molar-refractivity contribution >= 4 is 6.03 Å². The van der Waals surface area contributed by atoms with Crippen LogP contribution < -0.4 is 10.6 Å². The van der Waals surface area contributed by atoms with E-state index in [1.54, 1.807) is 6.92 Å². The van der Waals surface area contributed by atoms with Crippen molar-refractivity contribution in [1.29, 1.82) is 0 Å². The van der Waals surface area contributed by atoms with E-state index in [4.69, 9.17) is 0 Å². The first-order valence-corrected chi connectivity index (χ1v) is 8.24. The fraction of sp³-hybridized carbons (Fsp3) is 0.938. The van der Waals surface area contributed by atoms with E-state index in [0.29, 0.717) is 18.9 Å². The molecule has 0 bridgehead atoms. The van der Waals surface area contributed by atoms with Gasteiger partial charge < -0.3 is 20.6 Å². The molecule has 0 radical (unpaired) electrons. The Balaban J connectivity index is 2.22. The summed E-state index contributed by atoms with van der Waals surface area (Å²) in [5.74, 6) is 0.565. The highest BCUT2D eigenvalue weighted by Gasteiger charge is 2.22. The van der Waals surface area contributed by atoms with Crippen LogP contribution in [0.2, 0.25) is 0 Å². The Morgan fingerprint density at radius 2 is 2.14 bits per heavy atom. The van der Waals surface area contributed by atoms with Crippen LogP contribution in [0, 0.1) is 11.3 Å². The number of nitrogens with one attached hydrogen (secondary N) is 2. The van der Waals surface area contributed by atoms with Crippen molar-refractivity contribution < 1.29 is 9.90 Å². The van der Waals surface area contributed by atoms with Gasteiger partial charge in [-0.1, -0.05) is 20.8 Å². The van der Waals surface area contributed by atoms with Gasteiger partial charge in [-0.2, -0.15) is 0 Å². The quantitative estimate of drug-likeness (QED) is 0.672. The number of urea groups is 1. The molecule has 0 aromatic heterocycles. The smallest absolute Gasteiger partial charge is 0.314 e. The topological polar surface area (TPSA) is 64.6 Å². The Morgan fingerprint density at radius 1 is 1.43 bits per heavy atom. The van der Waals surface area contributed by atoms with Gasteiger partial charge in [0.1, 0.15) is 0 Å². The predicted octanol–water partition coefficient (Wildman–Crippen LogP) is 1.81. The number of likely N-dealkylation sites (tertiary alicyclic amines) is 1. The van der Waals surface area contributed by atoms with Crippen LogP contribution in [0.3, 0.4) is 0 Å². The van der Waals surface area contributed by atoms with Crippen molar-refractivity contribution in [3.05, 3.63) is 0 Å². The van der Waals surface area contributed by atoms with Crippen molar-refractivity contribution in [3.63, 3.8) is 0 Å². The highest BCUT2D eigenvalue weighted by molar-refractivity contribution is 5.73. The second-order valence-electron chi connectivity index (χ2n) is 7.18. The molecule has 1 aliphatic rings. The third-order valence-electron chi connectivity index (χ3n) is 4.18. The first kappa shape index (κ1) is 18.2. The van der Waals surface area contributed by atoms with E-state index in [-0.39, 0.29) is 17.6 Å². The predicted molar refractivity (Wildman–Crippen MR) is 86.3 cm³/mol. The molecule has 5 nitrogen and oxygen atoms in total. The summed E-state index contributed by atoms with van der Waals surface area (Å²) in [5.41, 5.74) is -0.0879. The van der Waals surface area contributed by atoms with E-state index in [2.05, 4.69) is 36.3 Å². The van der Waals surface area contributed by atoms with E-state index < -0.39 is 0 Å². The zero-order chi connectivity index (χ0) is 15.9. The summed E-state index contributed by atoms with van der Waals surface area (Å²) in [6.07, 6.45) is 2.77. The summed E-state index contributed by atoms with van der Waals surface area (Å²) < 4.78 is 0. The monoisotopic (exact) mass is 299 g/mol. The molecule has 2 amide bonds. The zero-order valence-electron chi connectivity index (χ0n) is 14.1. The van der Waals surface area contributed by atoms with Gasteiger partial charge in [0.25, 0.3) is 0 Å². The summed E-state index contributed by atoms with van der Waals surface area (Å²) in [7, 11) is 0. The molecule has 2 atom stereocenters. The Labute approximate surface area is 129 Å². The van der Waals surface area contributed by atoms with E-state index in [9.17, 15) is 9.90 Å². The van der Waals surface area contributed by atoms with Gasteiger partial charge in [0.05, 0.1) is 6.10 Å². The Morgan fingerprint density at radius 3 is 2.76 bits per heavy atom. The fourth-order valence-corrected chi connectivity index (χ4v) is 3.10. The largest absolute Gasteiger partial charge is 0.393 e. The maximum atomic E-state index is 11.9. The molecule has 5 heteroatoms. The Kier molecular flexibility index (Phi) is 7.46. The molecule has 1 fully saturated rings. The molecule has 124 valence electrons. The highest BCUT2D eigenvalue weighted by atomic mass is 16.3. The van der Waals surface area contributed by atoms with Crippen molar-refractivity contribution in [3.8, 4) is 0 Å². The van der Waals surface area contributed by atoms with Crippen LogP contribution in [0.4, 0.5) is 4.79 Å². The zero-order valence-corrected chi connectivity index (χ0v) is 14.1. The van der Waals surface area contributed by atoms with Gasteiger partial charge in [-0.15, -0.1) is 0 Å². The Bertz CT molecular complexity index is 319. The van der Waals surface area contributed by atoms with E-state index >= 15 is 0 Å². The summed E-state index contributed by atoms with van der Waals surface area (Å²) in [4.78, 5) is 14.3. The minimum absolute atomic E-state index is 0.0879. The van der Waals surface area contributed by atoms with Gasteiger partial charge in [-0.3, -0.25) is 0 Å². The van der Waals surface area contributed by atoms with Gasteiger partial charge in [0, 0.05) is 19.6 Å². The molecule has 0 spiro atoms. The maximum absolute atomic E-state index is 11.9. The maximum Gasteiger partial charge on any atom is 0.314 e.